The summed E-state index contributed by atoms with van der Waals surface area (Å²) in [4.78, 5) is 38.5. The summed E-state index contributed by atoms with van der Waals surface area (Å²) in [5.41, 5.74) is -1.91. The second-order valence-electron chi connectivity index (χ2n) is 8.34. The van der Waals surface area contributed by atoms with Gasteiger partial charge in [0.1, 0.15) is 17.3 Å². The van der Waals surface area contributed by atoms with Crippen LogP contribution in [-0.4, -0.2) is 41.0 Å². The molecule has 1 aromatic rings. The van der Waals surface area contributed by atoms with Gasteiger partial charge in [-0.2, -0.15) is 10.3 Å². The highest BCUT2D eigenvalue weighted by Crippen LogP contribution is 2.30. The van der Waals surface area contributed by atoms with Crippen LogP contribution in [0.2, 0.25) is 0 Å². The number of nitrogens with zero attached hydrogens (tertiary/aromatic N) is 2. The molecule has 0 aliphatic rings. The Morgan fingerprint density at radius 2 is 1.53 bits per heavy atom. The van der Waals surface area contributed by atoms with Crippen LogP contribution in [0.3, 0.4) is 0 Å². The van der Waals surface area contributed by atoms with Crippen molar-refractivity contribution in [3.05, 3.63) is 35.9 Å². The number of esters is 1. The monoisotopic (exact) mass is 419 g/mol. The maximum atomic E-state index is 13.0. The smallest absolute Gasteiger partial charge is 0.431 e. The van der Waals surface area contributed by atoms with Gasteiger partial charge in [0.25, 0.3) is 5.54 Å². The number of amides is 2. The minimum Gasteiger partial charge on any atom is -0.463 e. The second kappa shape index (κ2) is 9.48. The van der Waals surface area contributed by atoms with Crippen molar-refractivity contribution < 1.29 is 28.6 Å². The van der Waals surface area contributed by atoms with Gasteiger partial charge in [0, 0.05) is 5.56 Å². The molecule has 1 atom stereocenters. The third-order valence-corrected chi connectivity index (χ3v) is 3.44. The fourth-order valence-corrected chi connectivity index (χ4v) is 2.38. The fourth-order valence-electron chi connectivity index (χ4n) is 2.38. The van der Waals surface area contributed by atoms with E-state index in [0.29, 0.717) is 5.01 Å². The van der Waals surface area contributed by atoms with Crippen molar-refractivity contribution in [2.45, 2.75) is 65.2 Å². The van der Waals surface area contributed by atoms with Gasteiger partial charge >= 0.3 is 18.2 Å². The van der Waals surface area contributed by atoms with Gasteiger partial charge in [0.05, 0.1) is 6.61 Å². The van der Waals surface area contributed by atoms with Crippen LogP contribution in [0.5, 0.6) is 0 Å². The lowest BCUT2D eigenvalue weighted by molar-refractivity contribution is -0.156. The third kappa shape index (κ3) is 6.37. The Morgan fingerprint density at radius 3 is 1.97 bits per heavy atom. The first-order chi connectivity index (χ1) is 13.8. The summed E-state index contributed by atoms with van der Waals surface area (Å²) in [7, 11) is 0. The molecule has 1 rings (SSSR count). The number of rotatable bonds is 4. The zero-order valence-corrected chi connectivity index (χ0v) is 18.4. The second-order valence-corrected chi connectivity index (χ2v) is 8.34. The van der Waals surface area contributed by atoms with Crippen LogP contribution in [0, 0.1) is 11.3 Å². The topological polar surface area (TPSA) is 118 Å². The predicted molar refractivity (Wildman–Crippen MR) is 108 cm³/mol. The molecule has 1 N–H and O–H groups in total. The molecule has 0 fully saturated rings. The molecule has 9 nitrogen and oxygen atoms in total. The maximum Gasteiger partial charge on any atom is 0.431 e. The summed E-state index contributed by atoms with van der Waals surface area (Å²) in [6.45, 7) is 11.2. The lowest BCUT2D eigenvalue weighted by Gasteiger charge is -2.37. The highest BCUT2D eigenvalue weighted by atomic mass is 16.6. The molecule has 0 aliphatic heterocycles. The number of ether oxygens (including phenoxy) is 3. The molecule has 0 aliphatic carbocycles. The standard InChI is InChI=1S/C21H29N3O6/c1-8-28-16(25)21(14-22,15-12-10-9-11-13-15)24(18(27)30-20(5,6)7)23-17(26)29-19(2,3)4/h9-13H,8H2,1-7H3,(H,23,26)/t21-/m0/s1. The van der Waals surface area contributed by atoms with Gasteiger partial charge in [-0.25, -0.2) is 19.8 Å². The third-order valence-electron chi connectivity index (χ3n) is 3.44. The molecule has 1 aromatic carbocycles. The number of hydrogen-bond acceptors (Lipinski definition) is 7. The van der Waals surface area contributed by atoms with Crippen molar-refractivity contribution >= 4 is 18.2 Å². The summed E-state index contributed by atoms with van der Waals surface area (Å²) in [6.07, 6.45) is -2.18. The summed E-state index contributed by atoms with van der Waals surface area (Å²) in [6, 6.07) is 9.61. The average molecular weight is 419 g/mol. The summed E-state index contributed by atoms with van der Waals surface area (Å²) >= 11 is 0. The van der Waals surface area contributed by atoms with E-state index in [-0.39, 0.29) is 12.2 Å². The van der Waals surface area contributed by atoms with Crippen LogP contribution in [0.15, 0.2) is 30.3 Å². The highest BCUT2D eigenvalue weighted by Gasteiger charge is 2.53. The molecule has 9 heteroatoms. The van der Waals surface area contributed by atoms with E-state index in [0.717, 1.165) is 0 Å². The molecule has 0 aromatic heterocycles. The number of benzene rings is 1. The molecular formula is C21H29N3O6. The quantitative estimate of drug-likeness (QED) is 0.449. The van der Waals surface area contributed by atoms with Gasteiger partial charge in [-0.15, -0.1) is 0 Å². The lowest BCUT2D eigenvalue weighted by atomic mass is 9.90. The molecule has 0 radical (unpaired) electrons. The largest absolute Gasteiger partial charge is 0.463 e. The summed E-state index contributed by atoms with van der Waals surface area (Å²) in [5.74, 6) is -1.05. The zero-order valence-electron chi connectivity index (χ0n) is 18.4. The van der Waals surface area contributed by atoms with Gasteiger partial charge in [0.15, 0.2) is 0 Å². The minimum absolute atomic E-state index is 0.0519. The molecule has 0 spiro atoms. The van der Waals surface area contributed by atoms with Crippen molar-refractivity contribution in [2.24, 2.45) is 0 Å². The Labute approximate surface area is 176 Å². The Balaban J connectivity index is 3.62. The number of nitrogens with one attached hydrogen (secondary N) is 1. The van der Waals surface area contributed by atoms with E-state index in [1.54, 1.807) is 66.7 Å². The highest BCUT2D eigenvalue weighted by molar-refractivity contribution is 5.91. The minimum atomic E-state index is -2.35. The van der Waals surface area contributed by atoms with Crippen LogP contribution in [0.1, 0.15) is 54.0 Å². The van der Waals surface area contributed by atoms with Gasteiger partial charge in [-0.3, -0.25) is 0 Å². The van der Waals surface area contributed by atoms with Gasteiger partial charge < -0.3 is 14.2 Å². The molecule has 0 saturated carbocycles. The number of hydrazine groups is 1. The van der Waals surface area contributed by atoms with Gasteiger partial charge in [-0.05, 0) is 48.5 Å². The van der Waals surface area contributed by atoms with E-state index in [4.69, 9.17) is 14.2 Å². The zero-order chi connectivity index (χ0) is 23.2. The van der Waals surface area contributed by atoms with Crippen LogP contribution < -0.4 is 5.43 Å². The van der Waals surface area contributed by atoms with Crippen LogP contribution in [-0.2, 0) is 24.5 Å². The molecule has 164 valence electrons. The Morgan fingerprint density at radius 1 is 1.00 bits per heavy atom. The molecule has 30 heavy (non-hydrogen) atoms. The van der Waals surface area contributed by atoms with E-state index in [2.05, 4.69) is 5.43 Å². The van der Waals surface area contributed by atoms with E-state index in [1.165, 1.54) is 12.1 Å². The number of carbonyl (C=O) groups is 3. The van der Waals surface area contributed by atoms with Crippen LogP contribution in [0.25, 0.3) is 0 Å². The maximum absolute atomic E-state index is 13.0. The summed E-state index contributed by atoms with van der Waals surface area (Å²) < 4.78 is 15.6. The predicted octanol–water partition coefficient (Wildman–Crippen LogP) is 3.65. The van der Waals surface area contributed by atoms with Crippen molar-refractivity contribution in [1.29, 1.82) is 5.26 Å². The lowest BCUT2D eigenvalue weighted by Crippen LogP contribution is -2.62. The normalized spacial score (nSPS) is 13.3. The van der Waals surface area contributed by atoms with Gasteiger partial charge in [0.2, 0.25) is 0 Å². The SMILES string of the molecule is CCOC(=O)[C@](C#N)(c1ccccc1)N(NC(=O)OC(C)(C)C)C(=O)OC(C)(C)C. The van der Waals surface area contributed by atoms with Crippen molar-refractivity contribution in [2.75, 3.05) is 6.61 Å². The number of hydrogen-bond donors (Lipinski definition) is 1. The molecule has 0 bridgehead atoms. The van der Waals surface area contributed by atoms with Crippen LogP contribution >= 0.6 is 0 Å². The molecule has 0 heterocycles. The molecular weight excluding hydrogens is 390 g/mol. The van der Waals surface area contributed by atoms with E-state index in [1.807, 2.05) is 6.07 Å². The van der Waals surface area contributed by atoms with E-state index < -0.39 is 34.9 Å². The first-order valence-electron chi connectivity index (χ1n) is 9.43. The first kappa shape index (κ1) is 24.8. The van der Waals surface area contributed by atoms with Crippen molar-refractivity contribution in [3.63, 3.8) is 0 Å². The van der Waals surface area contributed by atoms with E-state index >= 15 is 0 Å². The number of nitriles is 1. The fraction of sp³-hybridized carbons (Fsp3) is 0.524. The number of carbonyl (C=O) groups excluding carboxylic acids is 3. The molecule has 2 amide bonds. The summed E-state index contributed by atoms with van der Waals surface area (Å²) in [5, 5.41) is 10.6. The Kier molecular flexibility index (Phi) is 7.82. The molecule has 0 unspecified atom stereocenters. The van der Waals surface area contributed by atoms with Crippen molar-refractivity contribution in [3.8, 4) is 6.07 Å². The van der Waals surface area contributed by atoms with Crippen molar-refractivity contribution in [1.82, 2.24) is 10.4 Å². The van der Waals surface area contributed by atoms with Crippen LogP contribution in [0.4, 0.5) is 9.59 Å². The average Bonchev–Trinajstić information content (AvgIpc) is 2.60. The Bertz CT molecular complexity index is 805. The van der Waals surface area contributed by atoms with Gasteiger partial charge in [-0.1, -0.05) is 30.3 Å². The molecule has 0 saturated heterocycles. The Hall–Kier alpha value is -3.28. The first-order valence-corrected chi connectivity index (χ1v) is 9.43. The van der Waals surface area contributed by atoms with E-state index in [9.17, 15) is 19.6 Å².